The van der Waals surface area contributed by atoms with Crippen molar-refractivity contribution in [3.63, 3.8) is 0 Å². The fourth-order valence-electron chi connectivity index (χ4n) is 2.67. The highest BCUT2D eigenvalue weighted by Crippen LogP contribution is 2.23. The first-order chi connectivity index (χ1) is 12.4. The Bertz CT molecular complexity index is 907. The van der Waals surface area contributed by atoms with Gasteiger partial charge in [0, 0.05) is 29.4 Å². The minimum Gasteiger partial charge on any atom is -0.379 e. The Morgan fingerprint density at radius 3 is 2.38 bits per heavy atom. The van der Waals surface area contributed by atoms with Crippen LogP contribution in [0.2, 0.25) is 5.02 Å². The molecule has 0 radical (unpaired) electrons. The van der Waals surface area contributed by atoms with Crippen LogP contribution in [0, 0.1) is 6.92 Å². The van der Waals surface area contributed by atoms with E-state index in [1.54, 1.807) is 43.3 Å². The second-order valence-corrected chi connectivity index (χ2v) is 8.33. The molecule has 8 heteroatoms. The van der Waals surface area contributed by atoms with Crippen molar-refractivity contribution in [3.05, 3.63) is 58.6 Å². The zero-order chi connectivity index (χ0) is 18.7. The highest BCUT2D eigenvalue weighted by Gasteiger charge is 2.26. The van der Waals surface area contributed by atoms with Gasteiger partial charge in [-0.05, 0) is 55.0 Å². The molecule has 0 atom stereocenters. The summed E-state index contributed by atoms with van der Waals surface area (Å²) in [6.07, 6.45) is 0. The van der Waals surface area contributed by atoms with Gasteiger partial charge in [-0.25, -0.2) is 8.42 Å². The number of hydrogen-bond donors (Lipinski definition) is 1. The van der Waals surface area contributed by atoms with E-state index < -0.39 is 10.0 Å². The summed E-state index contributed by atoms with van der Waals surface area (Å²) in [5, 5.41) is 3.35. The molecule has 26 heavy (non-hydrogen) atoms. The topological polar surface area (TPSA) is 75.7 Å². The molecule has 0 unspecified atom stereocenters. The normalized spacial score (nSPS) is 15.6. The molecule has 0 spiro atoms. The predicted octanol–water partition coefficient (Wildman–Crippen LogP) is 2.92. The average molecular weight is 395 g/mol. The molecule has 2 aromatic rings. The Kier molecular flexibility index (Phi) is 5.62. The van der Waals surface area contributed by atoms with Crippen molar-refractivity contribution in [2.75, 3.05) is 31.6 Å². The number of halogens is 1. The Balaban J connectivity index is 1.79. The summed E-state index contributed by atoms with van der Waals surface area (Å²) in [4.78, 5) is 12.5. The molecule has 1 aliphatic rings. The summed E-state index contributed by atoms with van der Waals surface area (Å²) in [7, 11) is -3.56. The first-order valence-corrected chi connectivity index (χ1v) is 9.95. The van der Waals surface area contributed by atoms with Crippen LogP contribution in [-0.4, -0.2) is 44.9 Å². The van der Waals surface area contributed by atoms with Gasteiger partial charge in [0.25, 0.3) is 5.91 Å². The van der Waals surface area contributed by atoms with Crippen molar-refractivity contribution < 1.29 is 17.9 Å². The second kappa shape index (κ2) is 7.75. The zero-order valence-electron chi connectivity index (χ0n) is 14.2. The minimum absolute atomic E-state index is 0.210. The molecule has 0 bridgehead atoms. The number of nitrogens with one attached hydrogen (secondary N) is 1. The molecule has 0 aliphatic carbocycles. The first-order valence-electron chi connectivity index (χ1n) is 8.13. The molecule has 0 aromatic heterocycles. The monoisotopic (exact) mass is 394 g/mol. The zero-order valence-corrected chi connectivity index (χ0v) is 15.8. The fraction of sp³-hybridized carbons (Fsp3) is 0.278. The van der Waals surface area contributed by atoms with Crippen LogP contribution >= 0.6 is 11.6 Å². The standard InChI is InChI=1S/C18H19ClN2O4S/c1-13-12-16(26(23,24)21-8-10-25-11-9-21)6-7-17(13)20-18(22)14-2-4-15(19)5-3-14/h2-7,12H,8-11H2,1H3,(H,20,22). The van der Waals surface area contributed by atoms with Crippen LogP contribution in [-0.2, 0) is 14.8 Å². The summed E-state index contributed by atoms with van der Waals surface area (Å²) < 4.78 is 32.0. The number of amides is 1. The van der Waals surface area contributed by atoms with Gasteiger partial charge in [0.1, 0.15) is 0 Å². The lowest BCUT2D eigenvalue weighted by Crippen LogP contribution is -2.40. The van der Waals surface area contributed by atoms with Crippen LogP contribution in [0.3, 0.4) is 0 Å². The molecule has 0 saturated carbocycles. The first kappa shape index (κ1) is 18.8. The van der Waals surface area contributed by atoms with Crippen LogP contribution < -0.4 is 5.32 Å². The number of nitrogens with zero attached hydrogens (tertiary/aromatic N) is 1. The lowest BCUT2D eigenvalue weighted by atomic mass is 10.1. The molecule has 1 saturated heterocycles. The lowest BCUT2D eigenvalue weighted by Gasteiger charge is -2.26. The summed E-state index contributed by atoms with van der Waals surface area (Å²) >= 11 is 5.83. The van der Waals surface area contributed by atoms with Crippen LogP contribution in [0.25, 0.3) is 0 Å². The van der Waals surface area contributed by atoms with Gasteiger partial charge in [-0.15, -0.1) is 0 Å². The van der Waals surface area contributed by atoms with E-state index in [1.807, 2.05) is 0 Å². The number of aryl methyl sites for hydroxylation is 1. The quantitative estimate of drug-likeness (QED) is 0.865. The number of ether oxygens (including phenoxy) is 1. The maximum Gasteiger partial charge on any atom is 0.255 e. The Labute approximate surface area is 157 Å². The van der Waals surface area contributed by atoms with Crippen LogP contribution in [0.1, 0.15) is 15.9 Å². The number of morpholine rings is 1. The van der Waals surface area contributed by atoms with E-state index in [0.29, 0.717) is 48.1 Å². The Morgan fingerprint density at radius 2 is 1.77 bits per heavy atom. The van der Waals surface area contributed by atoms with E-state index in [-0.39, 0.29) is 10.8 Å². The molecular weight excluding hydrogens is 376 g/mol. The highest BCUT2D eigenvalue weighted by molar-refractivity contribution is 7.89. The number of carbonyl (C=O) groups is 1. The molecule has 138 valence electrons. The molecule has 1 aliphatic heterocycles. The van der Waals surface area contributed by atoms with Crippen molar-refractivity contribution in [1.29, 1.82) is 0 Å². The Morgan fingerprint density at radius 1 is 1.12 bits per heavy atom. The van der Waals surface area contributed by atoms with E-state index in [2.05, 4.69) is 5.32 Å². The van der Waals surface area contributed by atoms with Gasteiger partial charge >= 0.3 is 0 Å². The average Bonchev–Trinajstić information content (AvgIpc) is 2.64. The molecule has 1 heterocycles. The maximum absolute atomic E-state index is 12.7. The molecule has 1 amide bonds. The SMILES string of the molecule is Cc1cc(S(=O)(=O)N2CCOCC2)ccc1NC(=O)c1ccc(Cl)cc1. The van der Waals surface area contributed by atoms with Crippen molar-refractivity contribution in [3.8, 4) is 0 Å². The van der Waals surface area contributed by atoms with Crippen molar-refractivity contribution in [2.24, 2.45) is 0 Å². The van der Waals surface area contributed by atoms with Crippen molar-refractivity contribution in [1.82, 2.24) is 4.31 Å². The van der Waals surface area contributed by atoms with Gasteiger partial charge in [-0.2, -0.15) is 4.31 Å². The number of rotatable bonds is 4. The lowest BCUT2D eigenvalue weighted by molar-refractivity contribution is 0.0730. The highest BCUT2D eigenvalue weighted by atomic mass is 35.5. The van der Waals surface area contributed by atoms with Crippen molar-refractivity contribution >= 4 is 33.2 Å². The predicted molar refractivity (Wildman–Crippen MR) is 100 cm³/mol. The van der Waals surface area contributed by atoms with Crippen LogP contribution in [0.4, 0.5) is 5.69 Å². The van der Waals surface area contributed by atoms with E-state index >= 15 is 0 Å². The Hall–Kier alpha value is -1.93. The van der Waals surface area contributed by atoms with Gasteiger partial charge in [0.2, 0.25) is 10.0 Å². The summed E-state index contributed by atoms with van der Waals surface area (Å²) in [5.41, 5.74) is 1.70. The van der Waals surface area contributed by atoms with Crippen molar-refractivity contribution in [2.45, 2.75) is 11.8 Å². The molecular formula is C18H19ClN2O4S. The largest absolute Gasteiger partial charge is 0.379 e. The third kappa shape index (κ3) is 4.07. The molecule has 3 rings (SSSR count). The third-order valence-electron chi connectivity index (χ3n) is 4.16. The van der Waals surface area contributed by atoms with Gasteiger partial charge in [-0.1, -0.05) is 11.6 Å². The minimum atomic E-state index is -3.56. The second-order valence-electron chi connectivity index (χ2n) is 5.95. The smallest absolute Gasteiger partial charge is 0.255 e. The van der Waals surface area contributed by atoms with Gasteiger partial charge < -0.3 is 10.1 Å². The fourth-order valence-corrected chi connectivity index (χ4v) is 4.29. The number of anilines is 1. The number of benzene rings is 2. The van der Waals surface area contributed by atoms with E-state index in [0.717, 1.165) is 0 Å². The van der Waals surface area contributed by atoms with E-state index in [9.17, 15) is 13.2 Å². The molecule has 6 nitrogen and oxygen atoms in total. The molecule has 1 N–H and O–H groups in total. The summed E-state index contributed by atoms with van der Waals surface area (Å²) in [5.74, 6) is -0.284. The summed E-state index contributed by atoms with van der Waals surface area (Å²) in [6.45, 7) is 3.24. The maximum atomic E-state index is 12.7. The van der Waals surface area contributed by atoms with Gasteiger partial charge in [-0.3, -0.25) is 4.79 Å². The number of sulfonamides is 1. The molecule has 2 aromatic carbocycles. The van der Waals surface area contributed by atoms with E-state index in [4.69, 9.17) is 16.3 Å². The van der Waals surface area contributed by atoms with E-state index in [1.165, 1.54) is 10.4 Å². The molecule has 1 fully saturated rings. The number of hydrogen-bond acceptors (Lipinski definition) is 4. The van der Waals surface area contributed by atoms with Crippen LogP contribution in [0.5, 0.6) is 0 Å². The van der Waals surface area contributed by atoms with Gasteiger partial charge in [0.05, 0.1) is 18.1 Å². The van der Waals surface area contributed by atoms with Crippen LogP contribution in [0.15, 0.2) is 47.4 Å². The summed E-state index contributed by atoms with van der Waals surface area (Å²) in [6, 6.07) is 11.2. The van der Waals surface area contributed by atoms with Gasteiger partial charge in [0.15, 0.2) is 0 Å². The number of carbonyl (C=O) groups excluding carboxylic acids is 1. The third-order valence-corrected chi connectivity index (χ3v) is 6.31.